The summed E-state index contributed by atoms with van der Waals surface area (Å²) in [6.45, 7) is 2.72. The summed E-state index contributed by atoms with van der Waals surface area (Å²) in [4.78, 5) is 24.0. The Balaban J connectivity index is 1.43. The van der Waals surface area contributed by atoms with Gasteiger partial charge in [0.15, 0.2) is 5.58 Å². The highest BCUT2D eigenvalue weighted by molar-refractivity contribution is 5.94. The van der Waals surface area contributed by atoms with Crippen molar-refractivity contribution < 1.29 is 9.21 Å². The first-order valence-corrected chi connectivity index (χ1v) is 10.9. The minimum Gasteiger partial charge on any atom is -0.439 e. The van der Waals surface area contributed by atoms with Crippen LogP contribution in [0.1, 0.15) is 27.4 Å². The molecule has 0 bridgehead atoms. The fourth-order valence-corrected chi connectivity index (χ4v) is 3.84. The third-order valence-electron chi connectivity index (χ3n) is 5.56. The number of amides is 1. The molecule has 33 heavy (non-hydrogen) atoms. The summed E-state index contributed by atoms with van der Waals surface area (Å²) in [5.74, 6) is 0.434. The van der Waals surface area contributed by atoms with Crippen LogP contribution in [-0.4, -0.2) is 20.8 Å². The lowest BCUT2D eigenvalue weighted by Crippen LogP contribution is -2.30. The highest BCUT2D eigenvalue weighted by Crippen LogP contribution is 2.22. The van der Waals surface area contributed by atoms with Crippen LogP contribution in [0.25, 0.3) is 22.2 Å². The molecule has 0 radical (unpaired) electrons. The Kier molecular flexibility index (Phi) is 5.68. The number of aryl methyl sites for hydroxylation is 1. The van der Waals surface area contributed by atoms with Gasteiger partial charge in [-0.15, -0.1) is 0 Å². The van der Waals surface area contributed by atoms with Gasteiger partial charge in [0.05, 0.1) is 6.54 Å². The van der Waals surface area contributed by atoms with E-state index in [0.717, 1.165) is 33.4 Å². The van der Waals surface area contributed by atoms with E-state index in [-0.39, 0.29) is 12.5 Å². The number of oxazole rings is 1. The van der Waals surface area contributed by atoms with E-state index in [2.05, 4.69) is 22.1 Å². The van der Waals surface area contributed by atoms with Crippen LogP contribution in [0, 0.1) is 6.92 Å². The number of carbonyl (C=O) groups excluding carboxylic acids is 1. The van der Waals surface area contributed by atoms with Crippen LogP contribution in [0.5, 0.6) is 0 Å². The molecule has 1 amide bonds. The van der Waals surface area contributed by atoms with Crippen molar-refractivity contribution in [3.8, 4) is 11.1 Å². The number of carbonyl (C=O) groups is 1. The van der Waals surface area contributed by atoms with Crippen LogP contribution in [-0.2, 0) is 13.1 Å². The van der Waals surface area contributed by atoms with Crippen molar-refractivity contribution >= 4 is 17.0 Å². The minimum atomic E-state index is -0.0788. The third kappa shape index (κ3) is 4.67. The second kappa shape index (κ2) is 9.09. The van der Waals surface area contributed by atoms with E-state index in [4.69, 9.17) is 4.42 Å². The lowest BCUT2D eigenvalue weighted by atomic mass is 10.0. The van der Waals surface area contributed by atoms with Gasteiger partial charge in [0, 0.05) is 24.5 Å². The van der Waals surface area contributed by atoms with Gasteiger partial charge in [-0.05, 0) is 65.6 Å². The van der Waals surface area contributed by atoms with Gasteiger partial charge in [0.2, 0.25) is 5.89 Å². The number of nitrogens with zero attached hydrogens (tertiary/aromatic N) is 3. The molecular formula is C28H23N3O2. The van der Waals surface area contributed by atoms with Crippen molar-refractivity contribution in [2.24, 2.45) is 0 Å². The van der Waals surface area contributed by atoms with E-state index < -0.39 is 0 Å². The zero-order chi connectivity index (χ0) is 22.6. The highest BCUT2D eigenvalue weighted by Gasteiger charge is 2.20. The minimum absolute atomic E-state index is 0.0788. The van der Waals surface area contributed by atoms with Gasteiger partial charge in [-0.25, -0.2) is 4.98 Å². The van der Waals surface area contributed by atoms with Crippen molar-refractivity contribution in [3.05, 3.63) is 120 Å². The number of benzene rings is 3. The molecule has 5 nitrogen and oxygen atoms in total. The summed E-state index contributed by atoms with van der Waals surface area (Å²) < 4.78 is 5.94. The molecule has 2 heterocycles. The summed E-state index contributed by atoms with van der Waals surface area (Å²) in [6, 6.07) is 27.5. The molecule has 0 N–H and O–H groups in total. The first-order chi connectivity index (χ1) is 16.2. The number of rotatable bonds is 6. The molecule has 0 saturated carbocycles. The van der Waals surface area contributed by atoms with Crippen LogP contribution >= 0.6 is 0 Å². The second-order valence-corrected chi connectivity index (χ2v) is 8.04. The molecule has 3 aromatic carbocycles. The van der Waals surface area contributed by atoms with E-state index in [1.165, 1.54) is 0 Å². The van der Waals surface area contributed by atoms with Gasteiger partial charge in [-0.3, -0.25) is 9.78 Å². The number of aromatic nitrogens is 2. The summed E-state index contributed by atoms with van der Waals surface area (Å²) in [5, 5.41) is 0. The van der Waals surface area contributed by atoms with Crippen molar-refractivity contribution in [1.82, 2.24) is 14.9 Å². The largest absolute Gasteiger partial charge is 0.439 e. The van der Waals surface area contributed by atoms with Gasteiger partial charge in [-0.2, -0.15) is 0 Å². The Labute approximate surface area is 192 Å². The molecule has 0 spiro atoms. The molecule has 0 unspecified atom stereocenters. The molecule has 5 rings (SSSR count). The van der Waals surface area contributed by atoms with Gasteiger partial charge in [0.25, 0.3) is 5.91 Å². The van der Waals surface area contributed by atoms with Crippen molar-refractivity contribution in [2.75, 3.05) is 0 Å². The van der Waals surface area contributed by atoms with Crippen LogP contribution in [0.4, 0.5) is 0 Å². The zero-order valence-electron chi connectivity index (χ0n) is 18.3. The van der Waals surface area contributed by atoms with Gasteiger partial charge < -0.3 is 9.32 Å². The molecule has 2 aromatic heterocycles. The van der Waals surface area contributed by atoms with Crippen molar-refractivity contribution in [1.29, 1.82) is 0 Å². The van der Waals surface area contributed by atoms with Gasteiger partial charge in [0.1, 0.15) is 5.52 Å². The topological polar surface area (TPSA) is 59.2 Å². The quantitative estimate of drug-likeness (QED) is 0.327. The Bertz CT molecular complexity index is 1380. The normalized spacial score (nSPS) is 10.9. The molecular weight excluding hydrogens is 410 g/mol. The maximum atomic E-state index is 13.5. The predicted molar refractivity (Wildman–Crippen MR) is 128 cm³/mol. The average Bonchev–Trinajstić information content (AvgIpc) is 3.26. The predicted octanol–water partition coefficient (Wildman–Crippen LogP) is 6.04. The fourth-order valence-electron chi connectivity index (χ4n) is 3.84. The zero-order valence-corrected chi connectivity index (χ0v) is 18.3. The van der Waals surface area contributed by atoms with E-state index in [9.17, 15) is 4.79 Å². The Hall–Kier alpha value is -4.25. The smallest absolute Gasteiger partial charge is 0.254 e. The number of hydrogen-bond donors (Lipinski definition) is 0. The van der Waals surface area contributed by atoms with Crippen molar-refractivity contribution in [3.63, 3.8) is 0 Å². The second-order valence-electron chi connectivity index (χ2n) is 8.04. The molecule has 0 aliphatic heterocycles. The molecule has 0 atom stereocenters. The average molecular weight is 434 g/mol. The Morgan fingerprint density at radius 3 is 2.33 bits per heavy atom. The molecule has 0 saturated heterocycles. The number of pyridine rings is 1. The standard InChI is InChI=1S/C28H23N3O2/c1-20-7-12-26-25(17-20)30-27(33-26)19-31(18-21-13-15-29-16-14-21)28(32)24-10-8-23(9-11-24)22-5-3-2-4-6-22/h2-17H,18-19H2,1H3. The molecule has 162 valence electrons. The first-order valence-electron chi connectivity index (χ1n) is 10.9. The third-order valence-corrected chi connectivity index (χ3v) is 5.56. The van der Waals surface area contributed by atoms with Crippen LogP contribution < -0.4 is 0 Å². The van der Waals surface area contributed by atoms with Crippen molar-refractivity contribution in [2.45, 2.75) is 20.0 Å². The lowest BCUT2D eigenvalue weighted by molar-refractivity contribution is 0.0715. The van der Waals surface area contributed by atoms with E-state index in [0.29, 0.717) is 18.0 Å². The Morgan fingerprint density at radius 1 is 0.848 bits per heavy atom. The fraction of sp³-hybridized carbons (Fsp3) is 0.107. The summed E-state index contributed by atoms with van der Waals surface area (Å²) in [5.41, 5.74) is 6.44. The van der Waals surface area contributed by atoms with Gasteiger partial charge >= 0.3 is 0 Å². The first kappa shape index (κ1) is 20.6. The number of hydrogen-bond acceptors (Lipinski definition) is 4. The van der Waals surface area contributed by atoms with Gasteiger partial charge in [-0.1, -0.05) is 48.5 Å². The van der Waals surface area contributed by atoms with E-state index >= 15 is 0 Å². The maximum absolute atomic E-state index is 13.5. The molecule has 5 heteroatoms. The molecule has 5 aromatic rings. The monoisotopic (exact) mass is 433 g/mol. The molecule has 0 fully saturated rings. The van der Waals surface area contributed by atoms with E-state index in [1.807, 2.05) is 79.7 Å². The SMILES string of the molecule is Cc1ccc2oc(CN(Cc3ccncc3)C(=O)c3ccc(-c4ccccc4)cc3)nc2c1. The van der Waals surface area contributed by atoms with Crippen LogP contribution in [0.3, 0.4) is 0 Å². The summed E-state index contributed by atoms with van der Waals surface area (Å²) in [6.07, 6.45) is 3.46. The van der Waals surface area contributed by atoms with Crippen LogP contribution in [0.2, 0.25) is 0 Å². The number of fused-ring (bicyclic) bond motifs is 1. The Morgan fingerprint density at radius 2 is 1.58 bits per heavy atom. The lowest BCUT2D eigenvalue weighted by Gasteiger charge is -2.21. The molecule has 0 aliphatic carbocycles. The molecule has 0 aliphatic rings. The summed E-state index contributed by atoms with van der Waals surface area (Å²) in [7, 11) is 0. The van der Waals surface area contributed by atoms with E-state index in [1.54, 1.807) is 17.3 Å². The summed E-state index contributed by atoms with van der Waals surface area (Å²) >= 11 is 0. The highest BCUT2D eigenvalue weighted by atomic mass is 16.3. The maximum Gasteiger partial charge on any atom is 0.254 e. The van der Waals surface area contributed by atoms with Crippen LogP contribution in [0.15, 0.2) is 102 Å².